The topological polar surface area (TPSA) is 38.1 Å². The van der Waals surface area contributed by atoms with E-state index in [1.54, 1.807) is 6.20 Å². The molecule has 0 N–H and O–H groups in total. The molecule has 1 unspecified atom stereocenters. The second kappa shape index (κ2) is 5.38. The Hall–Kier alpha value is -1.58. The molecule has 1 atom stereocenters. The zero-order valence-electron chi connectivity index (χ0n) is 11.2. The molecule has 1 aromatic heterocycles. The summed E-state index contributed by atoms with van der Waals surface area (Å²) in [6.45, 7) is 9.45. The third-order valence-corrected chi connectivity index (χ3v) is 3.63. The Morgan fingerprint density at radius 2 is 2.44 bits per heavy atom. The second-order valence-corrected chi connectivity index (χ2v) is 4.84. The van der Waals surface area contributed by atoms with E-state index in [2.05, 4.69) is 11.6 Å². The number of hydrogen-bond donors (Lipinski definition) is 0. The average Bonchev–Trinajstić information content (AvgIpc) is 2.79. The fraction of sp³-hybridized carbons (Fsp3) is 0.571. The lowest BCUT2D eigenvalue weighted by Crippen LogP contribution is -2.39. The molecular formula is C14H21N3O. The number of nitrogens with zero attached hydrogens (tertiary/aromatic N) is 3. The van der Waals surface area contributed by atoms with Gasteiger partial charge in [0.15, 0.2) is 0 Å². The summed E-state index contributed by atoms with van der Waals surface area (Å²) < 4.78 is 2.03. The Kier molecular flexibility index (Phi) is 3.84. The minimum atomic E-state index is 0.244. The minimum absolute atomic E-state index is 0.244. The zero-order chi connectivity index (χ0) is 13.1. The van der Waals surface area contributed by atoms with E-state index >= 15 is 0 Å². The van der Waals surface area contributed by atoms with Gasteiger partial charge in [0.2, 0.25) is 5.91 Å². The number of imidazole rings is 1. The SMILES string of the molecule is C=Cn1c(C)cnc1C1CCCN(C(=O)CC)C1. The molecule has 1 amide bonds. The predicted octanol–water partition coefficient (Wildman–Crippen LogP) is 2.41. The van der Waals surface area contributed by atoms with E-state index in [1.165, 1.54) is 0 Å². The minimum Gasteiger partial charge on any atom is -0.342 e. The Morgan fingerprint density at radius 1 is 1.67 bits per heavy atom. The maximum atomic E-state index is 11.8. The molecular weight excluding hydrogens is 226 g/mol. The van der Waals surface area contributed by atoms with Gasteiger partial charge in [0.05, 0.1) is 0 Å². The van der Waals surface area contributed by atoms with Crippen LogP contribution < -0.4 is 0 Å². The molecule has 1 aliphatic heterocycles. The first-order valence-corrected chi connectivity index (χ1v) is 6.61. The third kappa shape index (κ3) is 2.33. The van der Waals surface area contributed by atoms with Crippen molar-refractivity contribution in [2.45, 2.75) is 39.0 Å². The molecule has 2 rings (SSSR count). The van der Waals surface area contributed by atoms with Crippen molar-refractivity contribution in [2.75, 3.05) is 13.1 Å². The van der Waals surface area contributed by atoms with Crippen LogP contribution in [0.1, 0.15) is 43.6 Å². The summed E-state index contributed by atoms with van der Waals surface area (Å²) >= 11 is 0. The van der Waals surface area contributed by atoms with Crippen LogP contribution in [0.15, 0.2) is 12.8 Å². The van der Waals surface area contributed by atoms with Crippen LogP contribution in [-0.2, 0) is 4.79 Å². The molecule has 4 nitrogen and oxygen atoms in total. The highest BCUT2D eigenvalue weighted by Gasteiger charge is 2.26. The lowest BCUT2D eigenvalue weighted by atomic mass is 9.97. The quantitative estimate of drug-likeness (QED) is 0.822. The highest BCUT2D eigenvalue weighted by molar-refractivity contribution is 5.76. The van der Waals surface area contributed by atoms with Crippen molar-refractivity contribution in [1.29, 1.82) is 0 Å². The number of hydrogen-bond acceptors (Lipinski definition) is 2. The Balaban J connectivity index is 2.18. The summed E-state index contributed by atoms with van der Waals surface area (Å²) in [5.41, 5.74) is 1.10. The molecule has 4 heteroatoms. The average molecular weight is 247 g/mol. The molecule has 2 heterocycles. The molecule has 1 fully saturated rings. The lowest BCUT2D eigenvalue weighted by molar-refractivity contribution is -0.132. The van der Waals surface area contributed by atoms with E-state index in [0.717, 1.165) is 37.4 Å². The van der Waals surface area contributed by atoms with Crippen molar-refractivity contribution in [3.63, 3.8) is 0 Å². The monoisotopic (exact) mass is 247 g/mol. The van der Waals surface area contributed by atoms with Gasteiger partial charge >= 0.3 is 0 Å². The predicted molar refractivity (Wildman–Crippen MR) is 72.2 cm³/mol. The van der Waals surface area contributed by atoms with Gasteiger partial charge in [-0.15, -0.1) is 0 Å². The zero-order valence-corrected chi connectivity index (χ0v) is 11.2. The van der Waals surface area contributed by atoms with Crippen LogP contribution >= 0.6 is 0 Å². The first-order valence-electron chi connectivity index (χ1n) is 6.61. The maximum Gasteiger partial charge on any atom is 0.222 e. The molecule has 1 aromatic rings. The van der Waals surface area contributed by atoms with Gasteiger partial charge in [0.25, 0.3) is 0 Å². The summed E-state index contributed by atoms with van der Waals surface area (Å²) in [6, 6.07) is 0. The van der Waals surface area contributed by atoms with Crippen molar-refractivity contribution in [3.8, 4) is 0 Å². The summed E-state index contributed by atoms with van der Waals surface area (Å²) in [5, 5.41) is 0. The first-order chi connectivity index (χ1) is 8.67. The van der Waals surface area contributed by atoms with Gasteiger partial charge in [-0.3, -0.25) is 4.79 Å². The first kappa shape index (κ1) is 12.9. The van der Waals surface area contributed by atoms with E-state index in [9.17, 15) is 4.79 Å². The summed E-state index contributed by atoms with van der Waals surface area (Å²) in [6.07, 6.45) is 6.41. The number of aromatic nitrogens is 2. The van der Waals surface area contributed by atoms with Crippen LogP contribution in [0.5, 0.6) is 0 Å². The normalized spacial score (nSPS) is 19.9. The summed E-state index contributed by atoms with van der Waals surface area (Å²) in [7, 11) is 0. The highest BCUT2D eigenvalue weighted by Crippen LogP contribution is 2.27. The van der Waals surface area contributed by atoms with Crippen molar-refractivity contribution >= 4 is 12.1 Å². The van der Waals surface area contributed by atoms with Crippen LogP contribution in [0.25, 0.3) is 6.20 Å². The molecule has 0 spiro atoms. The van der Waals surface area contributed by atoms with E-state index in [4.69, 9.17) is 0 Å². The van der Waals surface area contributed by atoms with E-state index in [0.29, 0.717) is 12.3 Å². The fourth-order valence-electron chi connectivity index (χ4n) is 2.64. The lowest BCUT2D eigenvalue weighted by Gasteiger charge is -2.32. The molecule has 0 saturated carbocycles. The second-order valence-electron chi connectivity index (χ2n) is 4.84. The summed E-state index contributed by atoms with van der Waals surface area (Å²) in [4.78, 5) is 18.2. The molecule has 0 radical (unpaired) electrons. The van der Waals surface area contributed by atoms with Gasteiger partial charge in [-0.05, 0) is 19.8 Å². The fourth-order valence-corrected chi connectivity index (χ4v) is 2.64. The van der Waals surface area contributed by atoms with Crippen LogP contribution in [0.2, 0.25) is 0 Å². The number of carbonyl (C=O) groups excluding carboxylic acids is 1. The number of likely N-dealkylation sites (tertiary alicyclic amines) is 1. The molecule has 18 heavy (non-hydrogen) atoms. The number of amides is 1. The van der Waals surface area contributed by atoms with Crippen LogP contribution in [0, 0.1) is 6.92 Å². The highest BCUT2D eigenvalue weighted by atomic mass is 16.2. The molecule has 0 bridgehead atoms. The van der Waals surface area contributed by atoms with E-state index < -0.39 is 0 Å². The Labute approximate surface area is 108 Å². The van der Waals surface area contributed by atoms with Gasteiger partial charge in [-0.25, -0.2) is 4.98 Å². The van der Waals surface area contributed by atoms with Crippen molar-refractivity contribution < 1.29 is 4.79 Å². The standard InChI is InChI=1S/C14H21N3O/c1-4-13(18)16-8-6-7-12(10-16)14-15-9-11(3)17(14)5-2/h5,9,12H,2,4,6-8,10H2,1,3H3. The molecule has 0 aromatic carbocycles. The third-order valence-electron chi connectivity index (χ3n) is 3.63. The van der Waals surface area contributed by atoms with Crippen molar-refractivity contribution in [2.24, 2.45) is 0 Å². The maximum absolute atomic E-state index is 11.8. The number of piperidine rings is 1. The van der Waals surface area contributed by atoms with Gasteiger partial charge in [-0.2, -0.15) is 0 Å². The van der Waals surface area contributed by atoms with Gasteiger partial charge in [0.1, 0.15) is 5.82 Å². The van der Waals surface area contributed by atoms with Crippen LogP contribution in [-0.4, -0.2) is 33.4 Å². The van der Waals surface area contributed by atoms with E-state index in [1.807, 2.05) is 29.5 Å². The van der Waals surface area contributed by atoms with Gasteiger partial charge in [-0.1, -0.05) is 13.5 Å². The molecule has 98 valence electrons. The smallest absolute Gasteiger partial charge is 0.222 e. The van der Waals surface area contributed by atoms with Crippen LogP contribution in [0.3, 0.4) is 0 Å². The number of aryl methyl sites for hydroxylation is 1. The largest absolute Gasteiger partial charge is 0.342 e. The van der Waals surface area contributed by atoms with Crippen LogP contribution in [0.4, 0.5) is 0 Å². The molecule has 0 aliphatic carbocycles. The number of carbonyl (C=O) groups is 1. The Morgan fingerprint density at radius 3 is 3.11 bits per heavy atom. The molecule has 1 saturated heterocycles. The summed E-state index contributed by atoms with van der Waals surface area (Å²) in [5.74, 6) is 1.62. The van der Waals surface area contributed by atoms with Crippen molar-refractivity contribution in [1.82, 2.24) is 14.5 Å². The van der Waals surface area contributed by atoms with Crippen molar-refractivity contribution in [3.05, 3.63) is 24.3 Å². The number of rotatable bonds is 3. The van der Waals surface area contributed by atoms with E-state index in [-0.39, 0.29) is 5.91 Å². The van der Waals surface area contributed by atoms with Gasteiger partial charge < -0.3 is 9.47 Å². The molecule has 1 aliphatic rings. The van der Waals surface area contributed by atoms with Gasteiger partial charge in [0, 0.05) is 43.5 Å². The Bertz CT molecular complexity index is 450.